The lowest BCUT2D eigenvalue weighted by atomic mass is 10.1. The fraction of sp³-hybridized carbons (Fsp3) is 0.417. The Kier molecular flexibility index (Phi) is 3.92. The number of amides is 1. The number of anilines is 1. The standard InChI is InChI=1S/C12H14ClNO3S/c13-10-3-1-2-4-11(10)14-12(15)7-9-5-6-18(16,17)8-9/h1-4,9H,5-8H2,(H,14,15). The lowest BCUT2D eigenvalue weighted by Gasteiger charge is -2.09. The highest BCUT2D eigenvalue weighted by molar-refractivity contribution is 7.91. The SMILES string of the molecule is O=C(CC1CCS(=O)(=O)C1)Nc1ccccc1Cl. The summed E-state index contributed by atoms with van der Waals surface area (Å²) in [6.07, 6.45) is 0.794. The number of carbonyl (C=O) groups excluding carboxylic acids is 1. The normalized spacial score (nSPS) is 21.7. The highest BCUT2D eigenvalue weighted by Gasteiger charge is 2.29. The minimum atomic E-state index is -2.93. The van der Waals surface area contributed by atoms with Crippen LogP contribution in [0.1, 0.15) is 12.8 Å². The van der Waals surface area contributed by atoms with Gasteiger partial charge in [-0.1, -0.05) is 23.7 Å². The molecule has 1 aromatic rings. The van der Waals surface area contributed by atoms with E-state index in [4.69, 9.17) is 11.6 Å². The van der Waals surface area contributed by atoms with E-state index in [-0.39, 0.29) is 29.8 Å². The minimum Gasteiger partial charge on any atom is -0.325 e. The van der Waals surface area contributed by atoms with Crippen LogP contribution in [0.5, 0.6) is 0 Å². The number of hydrogen-bond acceptors (Lipinski definition) is 3. The monoisotopic (exact) mass is 287 g/mol. The maximum absolute atomic E-state index is 11.8. The van der Waals surface area contributed by atoms with Gasteiger partial charge in [-0.3, -0.25) is 4.79 Å². The molecule has 1 amide bonds. The smallest absolute Gasteiger partial charge is 0.224 e. The number of rotatable bonds is 3. The average molecular weight is 288 g/mol. The molecule has 6 heteroatoms. The second kappa shape index (κ2) is 5.28. The molecule has 0 aliphatic carbocycles. The molecule has 1 unspecified atom stereocenters. The van der Waals surface area contributed by atoms with E-state index in [1.54, 1.807) is 24.3 Å². The molecule has 0 saturated carbocycles. The van der Waals surface area contributed by atoms with E-state index in [1.807, 2.05) is 0 Å². The first kappa shape index (κ1) is 13.4. The Morgan fingerprint density at radius 2 is 2.11 bits per heavy atom. The van der Waals surface area contributed by atoms with Crippen molar-refractivity contribution in [3.05, 3.63) is 29.3 Å². The van der Waals surface area contributed by atoms with Crippen molar-refractivity contribution in [3.63, 3.8) is 0 Å². The molecule has 1 aromatic carbocycles. The van der Waals surface area contributed by atoms with Gasteiger partial charge in [0.15, 0.2) is 9.84 Å². The van der Waals surface area contributed by atoms with Gasteiger partial charge in [-0.05, 0) is 24.5 Å². The van der Waals surface area contributed by atoms with Gasteiger partial charge in [-0.2, -0.15) is 0 Å². The first-order chi connectivity index (χ1) is 8.46. The summed E-state index contributed by atoms with van der Waals surface area (Å²) < 4.78 is 22.6. The Bertz CT molecular complexity index is 556. The van der Waals surface area contributed by atoms with Gasteiger partial charge in [0.1, 0.15) is 0 Å². The molecule has 18 heavy (non-hydrogen) atoms. The van der Waals surface area contributed by atoms with Gasteiger partial charge >= 0.3 is 0 Å². The Balaban J connectivity index is 1.92. The molecule has 1 saturated heterocycles. The summed E-state index contributed by atoms with van der Waals surface area (Å²) in [5, 5.41) is 3.18. The molecule has 0 radical (unpaired) electrons. The largest absolute Gasteiger partial charge is 0.325 e. The van der Waals surface area contributed by atoms with E-state index in [2.05, 4.69) is 5.32 Å². The second-order valence-corrected chi connectivity index (χ2v) is 7.14. The van der Waals surface area contributed by atoms with Crippen molar-refractivity contribution in [2.75, 3.05) is 16.8 Å². The van der Waals surface area contributed by atoms with Gasteiger partial charge < -0.3 is 5.32 Å². The number of benzene rings is 1. The van der Waals surface area contributed by atoms with E-state index in [0.29, 0.717) is 17.1 Å². The molecule has 0 spiro atoms. The van der Waals surface area contributed by atoms with Crippen molar-refractivity contribution in [1.82, 2.24) is 0 Å². The maximum atomic E-state index is 11.8. The molecule has 98 valence electrons. The highest BCUT2D eigenvalue weighted by atomic mass is 35.5. The second-order valence-electron chi connectivity index (χ2n) is 4.50. The highest BCUT2D eigenvalue weighted by Crippen LogP contribution is 2.24. The fourth-order valence-corrected chi connectivity index (χ4v) is 4.10. The Morgan fingerprint density at radius 1 is 1.39 bits per heavy atom. The van der Waals surface area contributed by atoms with Gasteiger partial charge in [0.25, 0.3) is 0 Å². The van der Waals surface area contributed by atoms with Gasteiger partial charge in [-0.15, -0.1) is 0 Å². The van der Waals surface area contributed by atoms with E-state index in [0.717, 1.165) is 0 Å². The molecule has 1 atom stereocenters. The number of para-hydroxylation sites is 1. The van der Waals surface area contributed by atoms with Crippen LogP contribution < -0.4 is 5.32 Å². The fourth-order valence-electron chi connectivity index (χ4n) is 2.06. The van der Waals surface area contributed by atoms with Gasteiger partial charge in [0, 0.05) is 6.42 Å². The first-order valence-electron chi connectivity index (χ1n) is 5.71. The molecular formula is C12H14ClNO3S. The summed E-state index contributed by atoms with van der Waals surface area (Å²) in [5.41, 5.74) is 0.560. The topological polar surface area (TPSA) is 63.2 Å². The van der Waals surface area contributed by atoms with E-state index in [9.17, 15) is 13.2 Å². The van der Waals surface area contributed by atoms with Crippen LogP contribution in [0.2, 0.25) is 5.02 Å². The number of sulfone groups is 1. The van der Waals surface area contributed by atoms with Crippen LogP contribution in [0.3, 0.4) is 0 Å². The van der Waals surface area contributed by atoms with E-state index < -0.39 is 9.84 Å². The summed E-state index contributed by atoms with van der Waals surface area (Å²) in [6.45, 7) is 0. The summed E-state index contributed by atoms with van der Waals surface area (Å²) in [4.78, 5) is 11.8. The third-order valence-corrected chi connectivity index (χ3v) is 5.12. The molecule has 0 aromatic heterocycles. The molecule has 4 nitrogen and oxygen atoms in total. The summed E-state index contributed by atoms with van der Waals surface area (Å²) >= 11 is 5.92. The van der Waals surface area contributed by atoms with Gasteiger partial charge in [0.2, 0.25) is 5.91 Å². The minimum absolute atomic E-state index is 0.0718. The van der Waals surface area contributed by atoms with Crippen LogP contribution >= 0.6 is 11.6 Å². The van der Waals surface area contributed by atoms with Crippen molar-refractivity contribution < 1.29 is 13.2 Å². The zero-order valence-corrected chi connectivity index (χ0v) is 11.3. The molecule has 0 bridgehead atoms. The first-order valence-corrected chi connectivity index (χ1v) is 7.91. The lowest BCUT2D eigenvalue weighted by molar-refractivity contribution is -0.116. The summed E-state index contributed by atoms with van der Waals surface area (Å²) in [6, 6.07) is 6.96. The number of halogens is 1. The lowest BCUT2D eigenvalue weighted by Crippen LogP contribution is -2.17. The molecule has 2 rings (SSSR count). The molecule has 1 aliphatic heterocycles. The zero-order valence-electron chi connectivity index (χ0n) is 9.73. The Morgan fingerprint density at radius 3 is 2.72 bits per heavy atom. The van der Waals surface area contributed by atoms with E-state index >= 15 is 0 Å². The number of nitrogens with one attached hydrogen (secondary N) is 1. The van der Waals surface area contributed by atoms with Crippen LogP contribution in [0.15, 0.2) is 24.3 Å². The quantitative estimate of drug-likeness (QED) is 0.926. The van der Waals surface area contributed by atoms with Crippen molar-refractivity contribution in [2.24, 2.45) is 5.92 Å². The van der Waals surface area contributed by atoms with Crippen LogP contribution in [-0.2, 0) is 14.6 Å². The average Bonchev–Trinajstić information content (AvgIpc) is 2.61. The predicted molar refractivity (Wildman–Crippen MR) is 71.5 cm³/mol. The summed E-state index contributed by atoms with van der Waals surface area (Å²) in [7, 11) is -2.93. The molecule has 1 aliphatic rings. The molecular weight excluding hydrogens is 274 g/mol. The van der Waals surface area contributed by atoms with Crippen molar-refractivity contribution in [2.45, 2.75) is 12.8 Å². The molecule has 1 N–H and O–H groups in total. The molecule has 1 fully saturated rings. The van der Waals surface area contributed by atoms with Crippen molar-refractivity contribution in [3.8, 4) is 0 Å². The third kappa shape index (κ3) is 3.46. The Hall–Kier alpha value is -1.07. The van der Waals surface area contributed by atoms with Crippen LogP contribution in [0, 0.1) is 5.92 Å². The van der Waals surface area contributed by atoms with Crippen molar-refractivity contribution in [1.29, 1.82) is 0 Å². The Labute approximate surface area is 111 Å². The van der Waals surface area contributed by atoms with Crippen LogP contribution in [-0.4, -0.2) is 25.8 Å². The zero-order chi connectivity index (χ0) is 13.2. The van der Waals surface area contributed by atoms with Gasteiger partial charge in [0.05, 0.1) is 22.2 Å². The van der Waals surface area contributed by atoms with Crippen LogP contribution in [0.4, 0.5) is 5.69 Å². The summed E-state index contributed by atoms with van der Waals surface area (Å²) in [5.74, 6) is 0.0441. The molecule has 1 heterocycles. The van der Waals surface area contributed by atoms with E-state index in [1.165, 1.54) is 0 Å². The van der Waals surface area contributed by atoms with Crippen LogP contribution in [0.25, 0.3) is 0 Å². The maximum Gasteiger partial charge on any atom is 0.224 e. The third-order valence-electron chi connectivity index (χ3n) is 2.95. The predicted octanol–water partition coefficient (Wildman–Crippen LogP) is 2.10. The van der Waals surface area contributed by atoms with Crippen molar-refractivity contribution >= 4 is 33.0 Å². The van der Waals surface area contributed by atoms with Gasteiger partial charge in [-0.25, -0.2) is 8.42 Å². The number of carbonyl (C=O) groups is 1. The number of hydrogen-bond donors (Lipinski definition) is 1.